The Morgan fingerprint density at radius 1 is 1.38 bits per heavy atom. The molecule has 16 heavy (non-hydrogen) atoms. The minimum atomic E-state index is -0.0771. The van der Waals surface area contributed by atoms with Crippen LogP contribution in [-0.2, 0) is 0 Å². The molecule has 0 aliphatic heterocycles. The Bertz CT molecular complexity index is 523. The van der Waals surface area contributed by atoms with Crippen molar-refractivity contribution >= 4 is 16.8 Å². The van der Waals surface area contributed by atoms with Crippen LogP contribution in [0.5, 0.6) is 5.75 Å². The van der Waals surface area contributed by atoms with E-state index in [4.69, 9.17) is 9.15 Å². The summed E-state index contributed by atoms with van der Waals surface area (Å²) in [7, 11) is 0. The SMILES string of the molecule is CC(=O)c1cc2cccc(OC(C)C)c2o1. The monoisotopic (exact) mass is 218 g/mol. The molecule has 0 bridgehead atoms. The smallest absolute Gasteiger partial charge is 0.194 e. The first-order chi connectivity index (χ1) is 7.58. The Labute approximate surface area is 94.0 Å². The Hall–Kier alpha value is -1.77. The summed E-state index contributed by atoms with van der Waals surface area (Å²) in [6, 6.07) is 7.37. The minimum Gasteiger partial charge on any atom is -0.487 e. The van der Waals surface area contributed by atoms with Gasteiger partial charge in [0.05, 0.1) is 6.10 Å². The van der Waals surface area contributed by atoms with Crippen LogP contribution in [0.1, 0.15) is 31.3 Å². The summed E-state index contributed by atoms with van der Waals surface area (Å²) in [5.74, 6) is 0.974. The highest BCUT2D eigenvalue weighted by atomic mass is 16.5. The molecule has 0 spiro atoms. The molecule has 2 rings (SSSR count). The number of carbonyl (C=O) groups is 1. The maximum absolute atomic E-state index is 11.2. The number of hydrogen-bond acceptors (Lipinski definition) is 3. The summed E-state index contributed by atoms with van der Waals surface area (Å²) in [5, 5.41) is 0.892. The van der Waals surface area contributed by atoms with Crippen LogP contribution in [0, 0.1) is 0 Å². The Kier molecular flexibility index (Phi) is 2.69. The molecule has 0 saturated carbocycles. The summed E-state index contributed by atoms with van der Waals surface area (Å²) in [4.78, 5) is 11.2. The third kappa shape index (κ3) is 1.94. The first kappa shape index (κ1) is 10.7. The lowest BCUT2D eigenvalue weighted by Crippen LogP contribution is -2.05. The first-order valence-electron chi connectivity index (χ1n) is 5.28. The summed E-state index contributed by atoms with van der Waals surface area (Å²) in [5.41, 5.74) is 0.640. The predicted octanol–water partition coefficient (Wildman–Crippen LogP) is 3.42. The quantitative estimate of drug-likeness (QED) is 0.741. The lowest BCUT2D eigenvalue weighted by molar-refractivity contribution is 0.0989. The number of furan rings is 1. The van der Waals surface area contributed by atoms with Crippen molar-refractivity contribution in [2.45, 2.75) is 26.9 Å². The zero-order valence-corrected chi connectivity index (χ0v) is 9.61. The van der Waals surface area contributed by atoms with Gasteiger partial charge in [0.25, 0.3) is 0 Å². The fraction of sp³-hybridized carbons (Fsp3) is 0.308. The molecule has 1 aromatic heterocycles. The van der Waals surface area contributed by atoms with Crippen molar-refractivity contribution in [3.8, 4) is 5.75 Å². The Balaban J connectivity index is 2.54. The van der Waals surface area contributed by atoms with Crippen LogP contribution < -0.4 is 4.74 Å². The standard InChI is InChI=1S/C13H14O3/c1-8(2)15-11-6-4-5-10-7-12(9(3)14)16-13(10)11/h4-8H,1-3H3. The van der Waals surface area contributed by atoms with E-state index in [0.29, 0.717) is 17.1 Å². The van der Waals surface area contributed by atoms with Gasteiger partial charge >= 0.3 is 0 Å². The molecule has 84 valence electrons. The van der Waals surface area contributed by atoms with E-state index < -0.39 is 0 Å². The molecule has 0 saturated heterocycles. The van der Waals surface area contributed by atoms with Crippen LogP contribution >= 0.6 is 0 Å². The maximum Gasteiger partial charge on any atom is 0.194 e. The number of benzene rings is 1. The van der Waals surface area contributed by atoms with Crippen LogP contribution in [0.15, 0.2) is 28.7 Å². The molecule has 3 nitrogen and oxygen atoms in total. The highest BCUT2D eigenvalue weighted by molar-refractivity contribution is 5.97. The van der Waals surface area contributed by atoms with Crippen LogP contribution in [0.25, 0.3) is 11.0 Å². The van der Waals surface area contributed by atoms with Gasteiger partial charge in [-0.05, 0) is 26.0 Å². The molecule has 1 heterocycles. The number of ether oxygens (including phenoxy) is 1. The predicted molar refractivity (Wildman–Crippen MR) is 62.0 cm³/mol. The fourth-order valence-corrected chi connectivity index (χ4v) is 1.56. The van der Waals surface area contributed by atoms with Gasteiger partial charge in [-0.2, -0.15) is 0 Å². The van der Waals surface area contributed by atoms with Gasteiger partial charge in [-0.3, -0.25) is 4.79 Å². The second-order valence-electron chi connectivity index (χ2n) is 4.01. The second-order valence-corrected chi connectivity index (χ2v) is 4.01. The third-order valence-corrected chi connectivity index (χ3v) is 2.22. The molecule has 0 radical (unpaired) electrons. The number of ketones is 1. The highest BCUT2D eigenvalue weighted by Gasteiger charge is 2.12. The van der Waals surface area contributed by atoms with Gasteiger partial charge in [0.1, 0.15) is 0 Å². The van der Waals surface area contributed by atoms with Gasteiger partial charge in [-0.25, -0.2) is 0 Å². The van der Waals surface area contributed by atoms with E-state index in [9.17, 15) is 4.79 Å². The van der Waals surface area contributed by atoms with Crippen molar-refractivity contribution < 1.29 is 13.9 Å². The van der Waals surface area contributed by atoms with E-state index in [1.54, 1.807) is 6.07 Å². The molecule has 0 atom stereocenters. The summed E-state index contributed by atoms with van der Waals surface area (Å²) in [6.07, 6.45) is 0.0801. The lowest BCUT2D eigenvalue weighted by Gasteiger charge is -2.09. The Morgan fingerprint density at radius 2 is 2.12 bits per heavy atom. The average Bonchev–Trinajstić information content (AvgIpc) is 2.61. The Morgan fingerprint density at radius 3 is 2.75 bits per heavy atom. The zero-order valence-electron chi connectivity index (χ0n) is 9.61. The fourth-order valence-electron chi connectivity index (χ4n) is 1.56. The van der Waals surface area contributed by atoms with Gasteiger partial charge in [-0.15, -0.1) is 0 Å². The number of rotatable bonds is 3. The topological polar surface area (TPSA) is 39.4 Å². The van der Waals surface area contributed by atoms with Gasteiger partial charge in [-0.1, -0.05) is 12.1 Å². The van der Waals surface area contributed by atoms with Crippen molar-refractivity contribution in [2.75, 3.05) is 0 Å². The van der Waals surface area contributed by atoms with Crippen molar-refractivity contribution in [1.82, 2.24) is 0 Å². The molecule has 0 N–H and O–H groups in total. The van der Waals surface area contributed by atoms with Gasteiger partial charge in [0, 0.05) is 12.3 Å². The summed E-state index contributed by atoms with van der Waals surface area (Å²) < 4.78 is 11.1. The number of carbonyl (C=O) groups excluding carboxylic acids is 1. The minimum absolute atomic E-state index is 0.0771. The lowest BCUT2D eigenvalue weighted by atomic mass is 10.2. The molecular formula is C13H14O3. The van der Waals surface area contributed by atoms with Crippen molar-refractivity contribution in [1.29, 1.82) is 0 Å². The van der Waals surface area contributed by atoms with E-state index in [1.807, 2.05) is 32.0 Å². The number of fused-ring (bicyclic) bond motifs is 1. The van der Waals surface area contributed by atoms with Crippen LogP contribution in [0.3, 0.4) is 0 Å². The van der Waals surface area contributed by atoms with Crippen molar-refractivity contribution in [3.63, 3.8) is 0 Å². The zero-order chi connectivity index (χ0) is 11.7. The van der Waals surface area contributed by atoms with Crippen LogP contribution in [-0.4, -0.2) is 11.9 Å². The van der Waals surface area contributed by atoms with E-state index in [2.05, 4.69) is 0 Å². The van der Waals surface area contributed by atoms with E-state index in [0.717, 1.165) is 5.39 Å². The van der Waals surface area contributed by atoms with Crippen molar-refractivity contribution in [3.05, 3.63) is 30.0 Å². The summed E-state index contributed by atoms with van der Waals surface area (Å²) in [6.45, 7) is 5.39. The van der Waals surface area contributed by atoms with E-state index in [-0.39, 0.29) is 11.9 Å². The second kappa shape index (κ2) is 4.00. The molecule has 0 unspecified atom stereocenters. The largest absolute Gasteiger partial charge is 0.487 e. The molecular weight excluding hydrogens is 204 g/mol. The maximum atomic E-state index is 11.2. The van der Waals surface area contributed by atoms with E-state index >= 15 is 0 Å². The third-order valence-electron chi connectivity index (χ3n) is 2.22. The highest BCUT2D eigenvalue weighted by Crippen LogP contribution is 2.29. The number of hydrogen-bond donors (Lipinski definition) is 0. The molecule has 3 heteroatoms. The molecule has 0 aliphatic rings. The molecule has 1 aromatic carbocycles. The normalized spacial score (nSPS) is 11.0. The van der Waals surface area contributed by atoms with E-state index in [1.165, 1.54) is 6.92 Å². The molecule has 0 fully saturated rings. The average molecular weight is 218 g/mol. The molecule has 0 aliphatic carbocycles. The summed E-state index contributed by atoms with van der Waals surface area (Å²) >= 11 is 0. The van der Waals surface area contributed by atoms with Gasteiger partial charge in [0.2, 0.25) is 0 Å². The van der Waals surface area contributed by atoms with Crippen LogP contribution in [0.2, 0.25) is 0 Å². The number of Topliss-reactive ketones (excluding diaryl/α,β-unsaturated/α-hetero) is 1. The number of para-hydroxylation sites is 1. The van der Waals surface area contributed by atoms with Gasteiger partial charge in [0.15, 0.2) is 22.9 Å². The molecule has 0 amide bonds. The van der Waals surface area contributed by atoms with Crippen molar-refractivity contribution in [2.24, 2.45) is 0 Å². The molecule has 2 aromatic rings. The first-order valence-corrected chi connectivity index (χ1v) is 5.28. The van der Waals surface area contributed by atoms with Crippen LogP contribution in [0.4, 0.5) is 0 Å². The van der Waals surface area contributed by atoms with Gasteiger partial charge < -0.3 is 9.15 Å².